The summed E-state index contributed by atoms with van der Waals surface area (Å²) in [6, 6.07) is 3.68. The molecular weight excluding hydrogens is 260 g/mol. The lowest BCUT2D eigenvalue weighted by Gasteiger charge is -2.12. The highest BCUT2D eigenvalue weighted by molar-refractivity contribution is 6.33. The molecule has 1 unspecified atom stereocenters. The molecule has 18 heavy (non-hydrogen) atoms. The predicted molar refractivity (Wildman–Crippen MR) is 66.9 cm³/mol. The predicted octanol–water partition coefficient (Wildman–Crippen LogP) is 2.01. The third-order valence-electron chi connectivity index (χ3n) is 2.20. The summed E-state index contributed by atoms with van der Waals surface area (Å²) in [5.41, 5.74) is 0.0479. The van der Waals surface area contributed by atoms with Crippen molar-refractivity contribution in [3.63, 3.8) is 0 Å². The number of carbonyl (C=O) groups is 1. The summed E-state index contributed by atoms with van der Waals surface area (Å²) >= 11 is 5.72. The molecule has 7 heteroatoms. The maximum absolute atomic E-state index is 11.8. The van der Waals surface area contributed by atoms with E-state index >= 15 is 0 Å². The number of carbonyl (C=O) groups excluding carboxylic acids is 1. The molecule has 0 saturated heterocycles. The normalized spacial score (nSPS) is 11.9. The van der Waals surface area contributed by atoms with E-state index in [1.165, 1.54) is 25.3 Å². The quantitative estimate of drug-likeness (QED) is 0.657. The van der Waals surface area contributed by atoms with E-state index in [4.69, 9.17) is 16.3 Å². The molecule has 1 rings (SSSR count). The van der Waals surface area contributed by atoms with Crippen LogP contribution in [0.5, 0.6) is 0 Å². The summed E-state index contributed by atoms with van der Waals surface area (Å²) in [4.78, 5) is 21.7. The summed E-state index contributed by atoms with van der Waals surface area (Å²) in [5.74, 6) is -0.351. The number of rotatable bonds is 5. The van der Waals surface area contributed by atoms with Gasteiger partial charge in [0.1, 0.15) is 5.02 Å². The van der Waals surface area contributed by atoms with E-state index in [1.807, 2.05) is 0 Å². The Labute approximate surface area is 109 Å². The van der Waals surface area contributed by atoms with Gasteiger partial charge in [-0.1, -0.05) is 11.6 Å². The van der Waals surface area contributed by atoms with Gasteiger partial charge in [0.15, 0.2) is 0 Å². The maximum Gasteiger partial charge on any atom is 0.287 e. The van der Waals surface area contributed by atoms with Crippen molar-refractivity contribution in [2.24, 2.45) is 0 Å². The van der Waals surface area contributed by atoms with Crippen molar-refractivity contribution in [3.05, 3.63) is 38.9 Å². The summed E-state index contributed by atoms with van der Waals surface area (Å²) in [6.45, 7) is 2.17. The molecule has 0 fully saturated rings. The minimum atomic E-state index is -0.600. The van der Waals surface area contributed by atoms with Crippen molar-refractivity contribution in [2.75, 3.05) is 13.7 Å². The SMILES string of the molecule is COCC(C)NC(=O)c1ccc([N+](=O)[O-])c(Cl)c1. The first kappa shape index (κ1) is 14.4. The van der Waals surface area contributed by atoms with E-state index in [0.29, 0.717) is 6.61 Å². The molecule has 0 aliphatic carbocycles. The van der Waals surface area contributed by atoms with Crippen LogP contribution in [0.2, 0.25) is 5.02 Å². The van der Waals surface area contributed by atoms with Gasteiger partial charge in [0.2, 0.25) is 0 Å². The molecule has 0 aliphatic rings. The molecule has 0 radical (unpaired) electrons. The molecular formula is C11H13ClN2O4. The fourth-order valence-corrected chi connectivity index (χ4v) is 1.64. The molecule has 1 aromatic carbocycles. The maximum atomic E-state index is 11.8. The van der Waals surface area contributed by atoms with E-state index in [0.717, 1.165) is 0 Å². The molecule has 98 valence electrons. The second kappa shape index (κ2) is 6.32. The van der Waals surface area contributed by atoms with Crippen molar-refractivity contribution in [1.82, 2.24) is 5.32 Å². The Kier molecular flexibility index (Phi) is 5.06. The highest BCUT2D eigenvalue weighted by atomic mass is 35.5. The second-order valence-corrected chi connectivity index (χ2v) is 4.16. The van der Waals surface area contributed by atoms with E-state index in [9.17, 15) is 14.9 Å². The van der Waals surface area contributed by atoms with Crippen LogP contribution in [0, 0.1) is 10.1 Å². The molecule has 1 N–H and O–H groups in total. The Balaban J connectivity index is 2.81. The van der Waals surface area contributed by atoms with Gasteiger partial charge in [-0.2, -0.15) is 0 Å². The van der Waals surface area contributed by atoms with E-state index in [2.05, 4.69) is 5.32 Å². The van der Waals surface area contributed by atoms with E-state index in [1.54, 1.807) is 6.92 Å². The van der Waals surface area contributed by atoms with Gasteiger partial charge in [0, 0.05) is 24.8 Å². The van der Waals surface area contributed by atoms with Crippen LogP contribution in [0.3, 0.4) is 0 Å². The van der Waals surface area contributed by atoms with Crippen molar-refractivity contribution < 1.29 is 14.5 Å². The zero-order chi connectivity index (χ0) is 13.7. The van der Waals surface area contributed by atoms with Gasteiger partial charge < -0.3 is 10.1 Å². The average molecular weight is 273 g/mol. The third-order valence-corrected chi connectivity index (χ3v) is 2.50. The lowest BCUT2D eigenvalue weighted by molar-refractivity contribution is -0.384. The monoisotopic (exact) mass is 272 g/mol. The number of nitrogens with zero attached hydrogens (tertiary/aromatic N) is 1. The van der Waals surface area contributed by atoms with Gasteiger partial charge in [-0.3, -0.25) is 14.9 Å². The highest BCUT2D eigenvalue weighted by Gasteiger charge is 2.16. The van der Waals surface area contributed by atoms with Gasteiger partial charge in [0.05, 0.1) is 11.5 Å². The number of nitrogens with one attached hydrogen (secondary N) is 1. The lowest BCUT2D eigenvalue weighted by Crippen LogP contribution is -2.35. The second-order valence-electron chi connectivity index (χ2n) is 3.75. The van der Waals surface area contributed by atoms with Crippen LogP contribution in [0.15, 0.2) is 18.2 Å². The van der Waals surface area contributed by atoms with Crippen LogP contribution < -0.4 is 5.32 Å². The van der Waals surface area contributed by atoms with Crippen LogP contribution >= 0.6 is 11.6 Å². The van der Waals surface area contributed by atoms with Gasteiger partial charge >= 0.3 is 0 Å². The minimum Gasteiger partial charge on any atom is -0.383 e. The van der Waals surface area contributed by atoms with E-state index < -0.39 is 4.92 Å². The standard InChI is InChI=1S/C11H13ClN2O4/c1-7(6-18-2)13-11(15)8-3-4-10(14(16)17)9(12)5-8/h3-5,7H,6H2,1-2H3,(H,13,15). The van der Waals surface area contributed by atoms with E-state index in [-0.39, 0.29) is 28.2 Å². The number of nitro groups is 1. The first-order chi connectivity index (χ1) is 8.45. The van der Waals surface area contributed by atoms with Crippen LogP contribution in [0.25, 0.3) is 0 Å². The molecule has 6 nitrogen and oxygen atoms in total. The van der Waals surface area contributed by atoms with Crippen molar-refractivity contribution in [1.29, 1.82) is 0 Å². The zero-order valence-electron chi connectivity index (χ0n) is 9.97. The van der Waals surface area contributed by atoms with Gasteiger partial charge in [-0.05, 0) is 19.1 Å². The van der Waals surface area contributed by atoms with Gasteiger partial charge in [-0.25, -0.2) is 0 Å². The largest absolute Gasteiger partial charge is 0.383 e. The summed E-state index contributed by atoms with van der Waals surface area (Å²) < 4.78 is 4.88. The number of nitro benzene ring substituents is 1. The lowest BCUT2D eigenvalue weighted by atomic mass is 10.2. The fourth-order valence-electron chi connectivity index (χ4n) is 1.39. The Morgan fingerprint density at radius 1 is 1.61 bits per heavy atom. The van der Waals surface area contributed by atoms with Crippen molar-refractivity contribution >= 4 is 23.2 Å². The topological polar surface area (TPSA) is 81.5 Å². The van der Waals surface area contributed by atoms with Crippen LogP contribution in [-0.2, 0) is 4.74 Å². The average Bonchev–Trinajstić information content (AvgIpc) is 2.28. The number of ether oxygens (including phenoxy) is 1. The molecule has 1 aromatic rings. The third kappa shape index (κ3) is 3.68. The van der Waals surface area contributed by atoms with Crippen molar-refractivity contribution in [2.45, 2.75) is 13.0 Å². The van der Waals surface area contributed by atoms with Gasteiger partial charge in [-0.15, -0.1) is 0 Å². The highest BCUT2D eigenvalue weighted by Crippen LogP contribution is 2.24. The van der Waals surface area contributed by atoms with Crippen LogP contribution in [0.4, 0.5) is 5.69 Å². The molecule has 0 aliphatic heterocycles. The first-order valence-corrected chi connectivity index (χ1v) is 5.57. The Morgan fingerprint density at radius 3 is 2.78 bits per heavy atom. The Hall–Kier alpha value is -1.66. The molecule has 1 atom stereocenters. The molecule has 0 aromatic heterocycles. The Bertz CT molecular complexity index is 464. The number of methoxy groups -OCH3 is 1. The van der Waals surface area contributed by atoms with Gasteiger partial charge in [0.25, 0.3) is 11.6 Å². The smallest absolute Gasteiger partial charge is 0.287 e. The summed E-state index contributed by atoms with van der Waals surface area (Å²) in [6.07, 6.45) is 0. The first-order valence-electron chi connectivity index (χ1n) is 5.19. The molecule has 0 spiro atoms. The summed E-state index contributed by atoms with van der Waals surface area (Å²) in [5, 5.41) is 13.2. The number of amides is 1. The number of halogens is 1. The number of benzene rings is 1. The number of hydrogen-bond donors (Lipinski definition) is 1. The molecule has 1 amide bonds. The summed E-state index contributed by atoms with van der Waals surface area (Å²) in [7, 11) is 1.53. The van der Waals surface area contributed by atoms with Crippen LogP contribution in [0.1, 0.15) is 17.3 Å². The Morgan fingerprint density at radius 2 is 2.28 bits per heavy atom. The molecule has 0 bridgehead atoms. The van der Waals surface area contributed by atoms with Crippen LogP contribution in [-0.4, -0.2) is 30.6 Å². The number of hydrogen-bond acceptors (Lipinski definition) is 4. The zero-order valence-corrected chi connectivity index (χ0v) is 10.7. The fraction of sp³-hybridized carbons (Fsp3) is 0.364. The molecule has 0 saturated carbocycles. The molecule has 0 heterocycles. The van der Waals surface area contributed by atoms with Crippen molar-refractivity contribution in [3.8, 4) is 0 Å². The minimum absolute atomic E-state index is 0.0629.